The van der Waals surface area contributed by atoms with Gasteiger partial charge in [-0.1, -0.05) is 30.3 Å². The van der Waals surface area contributed by atoms with Crippen LogP contribution < -0.4 is 5.32 Å². The predicted octanol–water partition coefficient (Wildman–Crippen LogP) is 2.55. The molecule has 0 saturated carbocycles. The maximum Gasteiger partial charge on any atom is 0.222 e. The highest BCUT2D eigenvalue weighted by Crippen LogP contribution is 2.03. The topological polar surface area (TPSA) is 41.0 Å². The van der Waals surface area contributed by atoms with E-state index in [1.54, 1.807) is 0 Å². The second kappa shape index (κ2) is 7.55. The van der Waals surface area contributed by atoms with E-state index in [2.05, 4.69) is 51.5 Å². The SMILES string of the molecule is CN(CCCNc1ncc(F)cn1)Cc1ccccc1. The largest absolute Gasteiger partial charge is 0.354 e. The summed E-state index contributed by atoms with van der Waals surface area (Å²) in [4.78, 5) is 9.97. The molecule has 0 fully saturated rings. The minimum absolute atomic E-state index is 0.418. The van der Waals surface area contributed by atoms with Gasteiger partial charge in [-0.05, 0) is 25.6 Å². The number of nitrogens with one attached hydrogen (secondary N) is 1. The number of anilines is 1. The fourth-order valence-corrected chi connectivity index (χ4v) is 1.93. The maximum absolute atomic E-state index is 12.6. The van der Waals surface area contributed by atoms with E-state index in [-0.39, 0.29) is 0 Å². The molecule has 5 heteroatoms. The van der Waals surface area contributed by atoms with Crippen molar-refractivity contribution in [3.63, 3.8) is 0 Å². The fourth-order valence-electron chi connectivity index (χ4n) is 1.93. The molecule has 0 radical (unpaired) electrons. The molecule has 106 valence electrons. The Balaban J connectivity index is 1.64. The first kappa shape index (κ1) is 14.4. The van der Waals surface area contributed by atoms with E-state index in [1.807, 2.05) is 6.07 Å². The van der Waals surface area contributed by atoms with Gasteiger partial charge in [0.15, 0.2) is 5.82 Å². The predicted molar refractivity (Wildman–Crippen MR) is 77.9 cm³/mol. The van der Waals surface area contributed by atoms with E-state index in [9.17, 15) is 4.39 Å². The number of rotatable bonds is 7. The number of nitrogens with zero attached hydrogens (tertiary/aromatic N) is 3. The third-order valence-electron chi connectivity index (χ3n) is 2.92. The Labute approximate surface area is 118 Å². The molecule has 1 N–H and O–H groups in total. The normalized spacial score (nSPS) is 10.8. The molecule has 2 rings (SSSR count). The summed E-state index contributed by atoms with van der Waals surface area (Å²) in [5, 5.41) is 3.08. The second-order valence-corrected chi connectivity index (χ2v) is 4.73. The van der Waals surface area contributed by atoms with Gasteiger partial charge >= 0.3 is 0 Å². The highest BCUT2D eigenvalue weighted by Gasteiger charge is 2.00. The highest BCUT2D eigenvalue weighted by molar-refractivity contribution is 5.22. The molecule has 0 spiro atoms. The summed E-state index contributed by atoms with van der Waals surface area (Å²) in [6, 6.07) is 10.4. The van der Waals surface area contributed by atoms with Crippen LogP contribution in [0.25, 0.3) is 0 Å². The van der Waals surface area contributed by atoms with Gasteiger partial charge in [-0.3, -0.25) is 0 Å². The average molecular weight is 274 g/mol. The third-order valence-corrected chi connectivity index (χ3v) is 2.92. The van der Waals surface area contributed by atoms with E-state index in [0.29, 0.717) is 5.95 Å². The molecule has 0 atom stereocenters. The number of hydrogen-bond donors (Lipinski definition) is 1. The average Bonchev–Trinajstić information content (AvgIpc) is 2.46. The molecule has 0 saturated heterocycles. The Morgan fingerprint density at radius 2 is 1.85 bits per heavy atom. The summed E-state index contributed by atoms with van der Waals surface area (Å²) < 4.78 is 12.6. The van der Waals surface area contributed by atoms with Crippen molar-refractivity contribution in [1.29, 1.82) is 0 Å². The molecule has 1 aromatic heterocycles. The van der Waals surface area contributed by atoms with Crippen LogP contribution in [0.5, 0.6) is 0 Å². The van der Waals surface area contributed by atoms with E-state index in [1.165, 1.54) is 5.56 Å². The minimum atomic E-state index is -0.418. The molecule has 0 bridgehead atoms. The summed E-state index contributed by atoms with van der Waals surface area (Å²) in [6.07, 6.45) is 3.30. The first-order valence-corrected chi connectivity index (χ1v) is 6.68. The lowest BCUT2D eigenvalue weighted by molar-refractivity contribution is 0.325. The van der Waals surface area contributed by atoms with Gasteiger partial charge in [0.2, 0.25) is 5.95 Å². The van der Waals surface area contributed by atoms with Crippen molar-refractivity contribution >= 4 is 5.95 Å². The maximum atomic E-state index is 12.6. The molecule has 0 amide bonds. The van der Waals surface area contributed by atoms with Crippen molar-refractivity contribution in [3.8, 4) is 0 Å². The van der Waals surface area contributed by atoms with Gasteiger partial charge in [0, 0.05) is 13.1 Å². The molecule has 0 aliphatic rings. The molecular formula is C15H19FN4. The summed E-state index contributed by atoms with van der Waals surface area (Å²) in [5.41, 5.74) is 1.31. The van der Waals surface area contributed by atoms with Crippen LogP contribution in [0.1, 0.15) is 12.0 Å². The molecule has 20 heavy (non-hydrogen) atoms. The van der Waals surface area contributed by atoms with Crippen molar-refractivity contribution in [1.82, 2.24) is 14.9 Å². The van der Waals surface area contributed by atoms with Crippen LogP contribution >= 0.6 is 0 Å². The van der Waals surface area contributed by atoms with Crippen molar-refractivity contribution in [2.75, 3.05) is 25.5 Å². The van der Waals surface area contributed by atoms with Crippen LogP contribution in [-0.4, -0.2) is 35.0 Å². The van der Waals surface area contributed by atoms with Crippen LogP contribution in [-0.2, 0) is 6.54 Å². The second-order valence-electron chi connectivity index (χ2n) is 4.73. The van der Waals surface area contributed by atoms with Crippen molar-refractivity contribution in [3.05, 3.63) is 54.1 Å². The molecule has 0 aliphatic heterocycles. The van der Waals surface area contributed by atoms with E-state index >= 15 is 0 Å². The van der Waals surface area contributed by atoms with E-state index in [0.717, 1.165) is 38.4 Å². The zero-order valence-electron chi connectivity index (χ0n) is 11.6. The van der Waals surface area contributed by atoms with Gasteiger partial charge in [-0.2, -0.15) is 0 Å². The lowest BCUT2D eigenvalue weighted by Gasteiger charge is -2.16. The first-order chi connectivity index (χ1) is 9.74. The van der Waals surface area contributed by atoms with Crippen LogP contribution in [0.15, 0.2) is 42.7 Å². The lowest BCUT2D eigenvalue weighted by Crippen LogP contribution is -2.21. The Morgan fingerprint density at radius 1 is 1.15 bits per heavy atom. The zero-order valence-corrected chi connectivity index (χ0v) is 11.6. The summed E-state index contributed by atoms with van der Waals surface area (Å²) in [5.74, 6) is 0.0512. The van der Waals surface area contributed by atoms with Crippen LogP contribution in [0, 0.1) is 5.82 Å². The van der Waals surface area contributed by atoms with Crippen molar-refractivity contribution in [2.24, 2.45) is 0 Å². The molecule has 0 unspecified atom stereocenters. The Hall–Kier alpha value is -2.01. The molecule has 1 heterocycles. The van der Waals surface area contributed by atoms with Gasteiger partial charge in [-0.25, -0.2) is 14.4 Å². The van der Waals surface area contributed by atoms with Crippen LogP contribution in [0.4, 0.5) is 10.3 Å². The number of benzene rings is 1. The highest BCUT2D eigenvalue weighted by atomic mass is 19.1. The van der Waals surface area contributed by atoms with Gasteiger partial charge in [0.25, 0.3) is 0 Å². The Kier molecular flexibility index (Phi) is 5.43. The van der Waals surface area contributed by atoms with Crippen LogP contribution in [0.2, 0.25) is 0 Å². The molecule has 2 aromatic rings. The number of halogens is 1. The zero-order chi connectivity index (χ0) is 14.2. The van der Waals surface area contributed by atoms with E-state index < -0.39 is 5.82 Å². The number of hydrogen-bond acceptors (Lipinski definition) is 4. The van der Waals surface area contributed by atoms with E-state index in [4.69, 9.17) is 0 Å². The summed E-state index contributed by atoms with van der Waals surface area (Å²) in [7, 11) is 2.10. The minimum Gasteiger partial charge on any atom is -0.354 e. The van der Waals surface area contributed by atoms with Gasteiger partial charge in [0.05, 0.1) is 12.4 Å². The lowest BCUT2D eigenvalue weighted by atomic mass is 10.2. The Morgan fingerprint density at radius 3 is 2.55 bits per heavy atom. The smallest absolute Gasteiger partial charge is 0.222 e. The summed E-state index contributed by atoms with van der Waals surface area (Å²) in [6.45, 7) is 2.68. The third kappa shape index (κ3) is 4.93. The number of aromatic nitrogens is 2. The summed E-state index contributed by atoms with van der Waals surface area (Å²) >= 11 is 0. The standard InChI is InChI=1S/C15H19FN4/c1-20(12-13-6-3-2-4-7-13)9-5-8-17-15-18-10-14(16)11-19-15/h2-4,6-7,10-11H,5,8-9,12H2,1H3,(H,17,18,19). The molecule has 1 aromatic carbocycles. The van der Waals surface area contributed by atoms with Crippen LogP contribution in [0.3, 0.4) is 0 Å². The van der Waals surface area contributed by atoms with Crippen molar-refractivity contribution < 1.29 is 4.39 Å². The quantitative estimate of drug-likeness (QED) is 0.788. The molecule has 0 aliphatic carbocycles. The van der Waals surface area contributed by atoms with Gasteiger partial charge in [-0.15, -0.1) is 0 Å². The molecule has 4 nitrogen and oxygen atoms in total. The first-order valence-electron chi connectivity index (χ1n) is 6.68. The Bertz CT molecular complexity index is 501. The van der Waals surface area contributed by atoms with Gasteiger partial charge < -0.3 is 10.2 Å². The molecular weight excluding hydrogens is 255 g/mol. The monoisotopic (exact) mass is 274 g/mol. The van der Waals surface area contributed by atoms with Crippen molar-refractivity contribution in [2.45, 2.75) is 13.0 Å². The van der Waals surface area contributed by atoms with Gasteiger partial charge in [0.1, 0.15) is 0 Å². The fraction of sp³-hybridized carbons (Fsp3) is 0.333.